The second-order valence-electron chi connectivity index (χ2n) is 3.41. The lowest BCUT2D eigenvalue weighted by Crippen LogP contribution is -2.04. The average molecular weight is 336 g/mol. The number of hydrogen-bond donors (Lipinski definition) is 2. The first-order valence-corrected chi connectivity index (χ1v) is 6.83. The van der Waals surface area contributed by atoms with E-state index in [1.807, 2.05) is 11.4 Å². The van der Waals surface area contributed by atoms with Crippen LogP contribution in [0.1, 0.15) is 4.88 Å². The number of thiophene rings is 1. The summed E-state index contributed by atoms with van der Waals surface area (Å²) < 4.78 is 14.7. The molecule has 0 aliphatic rings. The van der Waals surface area contributed by atoms with E-state index >= 15 is 0 Å². The molecule has 0 atom stereocenters. The Morgan fingerprint density at radius 2 is 2.24 bits per heavy atom. The van der Waals surface area contributed by atoms with E-state index in [1.165, 1.54) is 6.07 Å². The number of nitrogen functional groups attached to an aromatic ring is 1. The van der Waals surface area contributed by atoms with Crippen LogP contribution in [-0.2, 0) is 6.54 Å². The fraction of sp³-hybridized carbons (Fsp3) is 0.0909. The lowest BCUT2D eigenvalue weighted by atomic mass is 10.2. The maximum Gasteiger partial charge on any atom is 0.166 e. The van der Waals surface area contributed by atoms with Crippen LogP contribution in [0.25, 0.3) is 0 Å². The van der Waals surface area contributed by atoms with E-state index in [1.54, 1.807) is 17.4 Å². The predicted octanol–water partition coefficient (Wildman–Crippen LogP) is 4.50. The average Bonchev–Trinajstić information content (AvgIpc) is 2.70. The van der Waals surface area contributed by atoms with Gasteiger partial charge in [-0.25, -0.2) is 4.39 Å². The molecule has 0 unspecified atom stereocenters. The van der Waals surface area contributed by atoms with Gasteiger partial charge in [0.2, 0.25) is 0 Å². The van der Waals surface area contributed by atoms with Gasteiger partial charge in [-0.15, -0.1) is 11.3 Å². The number of hydrogen-bond acceptors (Lipinski definition) is 3. The molecule has 0 radical (unpaired) electrons. The second kappa shape index (κ2) is 5.25. The quantitative estimate of drug-likeness (QED) is 0.811. The Bertz CT molecular complexity index is 544. The van der Waals surface area contributed by atoms with Crippen molar-refractivity contribution in [2.45, 2.75) is 6.54 Å². The Labute approximate surface area is 116 Å². The Kier molecular flexibility index (Phi) is 3.91. The number of nitrogens with one attached hydrogen (secondary N) is 1. The van der Waals surface area contributed by atoms with Crippen LogP contribution in [0, 0.1) is 5.82 Å². The third kappa shape index (κ3) is 2.91. The Morgan fingerprint density at radius 3 is 2.88 bits per heavy atom. The summed E-state index contributed by atoms with van der Waals surface area (Å²) in [6, 6.07) is 4.99. The van der Waals surface area contributed by atoms with Gasteiger partial charge in [0.1, 0.15) is 0 Å². The minimum atomic E-state index is -0.512. The second-order valence-corrected chi connectivity index (χ2v) is 5.73. The van der Waals surface area contributed by atoms with Gasteiger partial charge < -0.3 is 11.1 Å². The van der Waals surface area contributed by atoms with E-state index in [4.69, 9.17) is 17.3 Å². The molecular formula is C11H9BrClFN2S. The molecule has 0 spiro atoms. The van der Waals surface area contributed by atoms with Crippen LogP contribution in [0.3, 0.4) is 0 Å². The molecule has 0 bridgehead atoms. The van der Waals surface area contributed by atoms with Crippen molar-refractivity contribution in [1.82, 2.24) is 0 Å². The fourth-order valence-electron chi connectivity index (χ4n) is 1.37. The topological polar surface area (TPSA) is 38.0 Å². The molecule has 0 saturated heterocycles. The monoisotopic (exact) mass is 334 g/mol. The van der Waals surface area contributed by atoms with Crippen LogP contribution >= 0.6 is 38.9 Å². The summed E-state index contributed by atoms with van der Waals surface area (Å²) in [5.41, 5.74) is 6.29. The lowest BCUT2D eigenvalue weighted by Gasteiger charge is -2.10. The third-order valence-electron chi connectivity index (χ3n) is 2.19. The molecule has 3 N–H and O–H groups in total. The molecule has 1 heterocycles. The smallest absolute Gasteiger partial charge is 0.166 e. The highest BCUT2D eigenvalue weighted by molar-refractivity contribution is 9.10. The molecule has 0 fully saturated rings. The van der Waals surface area contributed by atoms with E-state index in [-0.39, 0.29) is 10.7 Å². The van der Waals surface area contributed by atoms with Crippen LogP contribution in [-0.4, -0.2) is 0 Å². The van der Waals surface area contributed by atoms with Crippen molar-refractivity contribution in [1.29, 1.82) is 0 Å². The van der Waals surface area contributed by atoms with Gasteiger partial charge in [-0.1, -0.05) is 11.6 Å². The van der Waals surface area contributed by atoms with Crippen molar-refractivity contribution in [3.63, 3.8) is 0 Å². The summed E-state index contributed by atoms with van der Waals surface area (Å²) in [7, 11) is 0. The van der Waals surface area contributed by atoms with Gasteiger partial charge in [0.15, 0.2) is 5.82 Å². The van der Waals surface area contributed by atoms with Crippen LogP contribution in [0.5, 0.6) is 0 Å². The van der Waals surface area contributed by atoms with Crippen molar-refractivity contribution in [2.75, 3.05) is 11.1 Å². The van der Waals surface area contributed by atoms with Crippen molar-refractivity contribution >= 4 is 50.2 Å². The molecule has 90 valence electrons. The summed E-state index contributed by atoms with van der Waals surface area (Å²) in [6.45, 7) is 0.512. The van der Waals surface area contributed by atoms with Gasteiger partial charge in [0, 0.05) is 21.3 Å². The van der Waals surface area contributed by atoms with E-state index in [2.05, 4.69) is 21.2 Å². The first-order valence-electron chi connectivity index (χ1n) is 4.78. The zero-order valence-corrected chi connectivity index (χ0v) is 11.8. The molecular weight excluding hydrogens is 327 g/mol. The highest BCUT2D eigenvalue weighted by Crippen LogP contribution is 2.29. The Morgan fingerprint density at radius 1 is 1.47 bits per heavy atom. The highest BCUT2D eigenvalue weighted by atomic mass is 79.9. The van der Waals surface area contributed by atoms with Gasteiger partial charge in [-0.05, 0) is 34.1 Å². The molecule has 17 heavy (non-hydrogen) atoms. The van der Waals surface area contributed by atoms with Gasteiger partial charge in [-0.3, -0.25) is 0 Å². The van der Waals surface area contributed by atoms with E-state index in [0.717, 1.165) is 9.35 Å². The van der Waals surface area contributed by atoms with Crippen molar-refractivity contribution in [2.24, 2.45) is 0 Å². The highest BCUT2D eigenvalue weighted by Gasteiger charge is 2.10. The molecule has 0 aliphatic heterocycles. The maximum absolute atomic E-state index is 13.7. The number of halogens is 3. The summed E-state index contributed by atoms with van der Waals surface area (Å²) >= 11 is 10.6. The first-order chi connectivity index (χ1) is 8.08. The lowest BCUT2D eigenvalue weighted by molar-refractivity contribution is 0.631. The minimum Gasteiger partial charge on any atom is -0.397 e. The predicted molar refractivity (Wildman–Crippen MR) is 75.2 cm³/mol. The van der Waals surface area contributed by atoms with Gasteiger partial charge in [-0.2, -0.15) is 0 Å². The SMILES string of the molecule is Nc1ccc(Cl)c(F)c1NCc1cc(Br)cs1. The Hall–Kier alpha value is -0.780. The van der Waals surface area contributed by atoms with E-state index in [9.17, 15) is 4.39 Å². The minimum absolute atomic E-state index is 0.0639. The number of nitrogens with two attached hydrogens (primary N) is 1. The van der Waals surface area contributed by atoms with Crippen LogP contribution in [0.4, 0.5) is 15.8 Å². The van der Waals surface area contributed by atoms with Crippen molar-refractivity contribution in [3.05, 3.63) is 43.8 Å². The maximum atomic E-state index is 13.7. The van der Waals surface area contributed by atoms with E-state index < -0.39 is 5.82 Å². The summed E-state index contributed by atoms with van der Waals surface area (Å²) in [5, 5.41) is 4.99. The zero-order valence-electron chi connectivity index (χ0n) is 8.64. The molecule has 2 aromatic rings. The fourth-order valence-corrected chi connectivity index (χ4v) is 2.92. The Balaban J connectivity index is 2.16. The summed E-state index contributed by atoms with van der Waals surface area (Å²) in [6.07, 6.45) is 0. The summed E-state index contributed by atoms with van der Waals surface area (Å²) in [5.74, 6) is -0.512. The largest absolute Gasteiger partial charge is 0.397 e. The molecule has 2 nitrogen and oxygen atoms in total. The van der Waals surface area contributed by atoms with Crippen LogP contribution in [0.15, 0.2) is 28.1 Å². The van der Waals surface area contributed by atoms with Crippen molar-refractivity contribution in [3.8, 4) is 0 Å². The van der Waals surface area contributed by atoms with Gasteiger partial charge in [0.05, 0.1) is 16.4 Å². The normalized spacial score (nSPS) is 10.5. The van der Waals surface area contributed by atoms with E-state index in [0.29, 0.717) is 12.2 Å². The number of benzene rings is 1. The number of anilines is 2. The molecule has 1 aromatic heterocycles. The molecule has 1 aromatic carbocycles. The molecule has 0 aliphatic carbocycles. The third-order valence-corrected chi connectivity index (χ3v) is 4.18. The molecule has 0 amide bonds. The summed E-state index contributed by atoms with van der Waals surface area (Å²) in [4.78, 5) is 1.08. The van der Waals surface area contributed by atoms with Crippen molar-refractivity contribution < 1.29 is 4.39 Å². The van der Waals surface area contributed by atoms with Crippen LogP contribution < -0.4 is 11.1 Å². The van der Waals surface area contributed by atoms with Gasteiger partial charge in [0.25, 0.3) is 0 Å². The molecule has 2 rings (SSSR count). The van der Waals surface area contributed by atoms with Crippen LogP contribution in [0.2, 0.25) is 5.02 Å². The first kappa shape index (κ1) is 12.7. The standard InChI is InChI=1S/C11H9BrClFN2S/c12-6-3-7(17-5-6)4-16-11-9(15)2-1-8(13)10(11)14/h1-3,5,16H,4,15H2. The van der Waals surface area contributed by atoms with Gasteiger partial charge >= 0.3 is 0 Å². The zero-order chi connectivity index (χ0) is 12.4. The number of rotatable bonds is 3. The molecule has 6 heteroatoms. The molecule has 0 saturated carbocycles.